The first kappa shape index (κ1) is 11.1. The molecule has 15 heavy (non-hydrogen) atoms. The van der Waals surface area contributed by atoms with E-state index in [-0.39, 0.29) is 16.9 Å². The number of nitriles is 1. The van der Waals surface area contributed by atoms with Crippen molar-refractivity contribution in [3.63, 3.8) is 0 Å². The van der Waals surface area contributed by atoms with Crippen LogP contribution in [0.15, 0.2) is 12.1 Å². The molecule has 5 heteroatoms. The van der Waals surface area contributed by atoms with Gasteiger partial charge in [-0.1, -0.05) is 0 Å². The zero-order valence-electron chi connectivity index (χ0n) is 7.83. The van der Waals surface area contributed by atoms with E-state index in [1.807, 2.05) is 6.07 Å². The van der Waals surface area contributed by atoms with Crippen molar-refractivity contribution < 1.29 is 18.3 Å². The second-order valence-electron chi connectivity index (χ2n) is 2.76. The van der Waals surface area contributed by atoms with Crippen molar-refractivity contribution in [2.24, 2.45) is 0 Å². The number of carbonyl (C=O) groups is 1. The number of rotatable bonds is 3. The van der Waals surface area contributed by atoms with Gasteiger partial charge in [-0.05, 0) is 24.6 Å². The molecule has 0 spiro atoms. The first-order valence-corrected chi connectivity index (χ1v) is 4.03. The van der Waals surface area contributed by atoms with Crippen LogP contribution in [0.2, 0.25) is 0 Å². The maximum Gasteiger partial charge on any atom is 0.387 e. The normalized spacial score (nSPS) is 9.80. The number of halogens is 2. The van der Waals surface area contributed by atoms with Gasteiger partial charge in [-0.25, -0.2) is 0 Å². The topological polar surface area (TPSA) is 50.1 Å². The summed E-state index contributed by atoms with van der Waals surface area (Å²) < 4.78 is 28.0. The van der Waals surface area contributed by atoms with Crippen molar-refractivity contribution in [2.75, 3.05) is 0 Å². The Bertz CT molecular complexity index is 424. The second kappa shape index (κ2) is 4.51. The van der Waals surface area contributed by atoms with E-state index in [1.165, 1.54) is 19.1 Å². The number of carbonyl (C=O) groups excluding carboxylic acids is 1. The summed E-state index contributed by atoms with van der Waals surface area (Å²) >= 11 is 0. The zero-order valence-corrected chi connectivity index (χ0v) is 7.83. The van der Waals surface area contributed by atoms with E-state index in [4.69, 9.17) is 5.26 Å². The molecule has 1 rings (SSSR count). The van der Waals surface area contributed by atoms with Crippen LogP contribution in [-0.2, 0) is 0 Å². The third-order valence-electron chi connectivity index (χ3n) is 1.93. The van der Waals surface area contributed by atoms with Gasteiger partial charge in [0.1, 0.15) is 5.75 Å². The molecule has 3 nitrogen and oxygen atoms in total. The monoisotopic (exact) mass is 211 g/mol. The molecule has 0 saturated carbocycles. The van der Waals surface area contributed by atoms with Crippen molar-refractivity contribution in [2.45, 2.75) is 13.5 Å². The molecule has 0 unspecified atom stereocenters. The van der Waals surface area contributed by atoms with Crippen molar-refractivity contribution in [3.8, 4) is 11.8 Å². The smallest absolute Gasteiger partial charge is 0.387 e. The van der Waals surface area contributed by atoms with Gasteiger partial charge >= 0.3 is 6.61 Å². The summed E-state index contributed by atoms with van der Waals surface area (Å²) in [6.45, 7) is -1.49. The average molecular weight is 211 g/mol. The lowest BCUT2D eigenvalue weighted by molar-refractivity contribution is -0.0500. The van der Waals surface area contributed by atoms with Gasteiger partial charge in [0, 0.05) is 0 Å². The van der Waals surface area contributed by atoms with E-state index in [9.17, 15) is 13.6 Å². The van der Waals surface area contributed by atoms with Crippen LogP contribution < -0.4 is 4.74 Å². The number of benzene rings is 1. The summed E-state index contributed by atoms with van der Waals surface area (Å²) in [6.07, 6.45) is 0.397. The molecule has 0 N–H and O–H groups in total. The molecule has 0 aliphatic heterocycles. The molecule has 0 saturated heterocycles. The predicted octanol–water partition coefficient (Wildman–Crippen LogP) is 2.28. The number of alkyl halides is 2. The largest absolute Gasteiger partial charge is 0.434 e. The molecule has 0 amide bonds. The highest BCUT2D eigenvalue weighted by Crippen LogP contribution is 2.24. The predicted molar refractivity (Wildman–Crippen MR) is 47.9 cm³/mol. The third-order valence-corrected chi connectivity index (χ3v) is 1.93. The first-order valence-electron chi connectivity index (χ1n) is 4.03. The Morgan fingerprint density at radius 3 is 2.67 bits per heavy atom. The Morgan fingerprint density at radius 2 is 2.20 bits per heavy atom. The maximum atomic E-state index is 11.9. The molecule has 0 fully saturated rings. The summed E-state index contributed by atoms with van der Waals surface area (Å²) in [6, 6.07) is 4.36. The second-order valence-corrected chi connectivity index (χ2v) is 2.76. The van der Waals surface area contributed by atoms with E-state index in [2.05, 4.69) is 4.74 Å². The van der Waals surface area contributed by atoms with Crippen LogP contribution in [0.25, 0.3) is 0 Å². The van der Waals surface area contributed by atoms with E-state index < -0.39 is 6.61 Å². The Balaban J connectivity index is 3.26. The number of aldehydes is 1. The van der Waals surface area contributed by atoms with Crippen LogP contribution in [0.4, 0.5) is 8.78 Å². The van der Waals surface area contributed by atoms with Crippen LogP contribution in [-0.4, -0.2) is 12.9 Å². The minimum Gasteiger partial charge on any atom is -0.434 e. The van der Waals surface area contributed by atoms with Crippen molar-refractivity contribution in [3.05, 3.63) is 28.8 Å². The van der Waals surface area contributed by atoms with Crippen LogP contribution in [0, 0.1) is 18.3 Å². The molecule has 1 aromatic carbocycles. The van der Waals surface area contributed by atoms with Crippen molar-refractivity contribution >= 4 is 6.29 Å². The van der Waals surface area contributed by atoms with Gasteiger partial charge in [0.2, 0.25) is 0 Å². The maximum absolute atomic E-state index is 11.9. The fraction of sp³-hybridized carbons (Fsp3) is 0.200. The lowest BCUT2D eigenvalue weighted by Gasteiger charge is -2.09. The summed E-state index contributed by atoms with van der Waals surface area (Å²) in [5.74, 6) is -0.212. The van der Waals surface area contributed by atoms with E-state index in [0.29, 0.717) is 11.8 Å². The van der Waals surface area contributed by atoms with Gasteiger partial charge in [-0.15, -0.1) is 0 Å². The van der Waals surface area contributed by atoms with Gasteiger partial charge in [-0.3, -0.25) is 4.79 Å². The van der Waals surface area contributed by atoms with Crippen LogP contribution in [0.5, 0.6) is 5.75 Å². The van der Waals surface area contributed by atoms with E-state index in [1.54, 1.807) is 0 Å². The molecule has 0 atom stereocenters. The zero-order chi connectivity index (χ0) is 11.4. The van der Waals surface area contributed by atoms with Crippen LogP contribution >= 0.6 is 0 Å². The number of ether oxygens (including phenoxy) is 1. The Hall–Kier alpha value is -1.96. The minimum absolute atomic E-state index is 0.0191. The summed E-state index contributed by atoms with van der Waals surface area (Å²) in [5.41, 5.74) is 0.582. The molecule has 0 aliphatic rings. The summed E-state index contributed by atoms with van der Waals surface area (Å²) in [5, 5.41) is 8.66. The molecule has 0 aliphatic carbocycles. The quantitative estimate of drug-likeness (QED) is 0.720. The van der Waals surface area contributed by atoms with Gasteiger partial charge in [-0.2, -0.15) is 14.0 Å². The molecule has 0 bridgehead atoms. The first-order chi connectivity index (χ1) is 7.10. The lowest BCUT2D eigenvalue weighted by Crippen LogP contribution is -2.05. The van der Waals surface area contributed by atoms with Gasteiger partial charge in [0.05, 0.1) is 17.2 Å². The molecule has 1 aromatic rings. The minimum atomic E-state index is -2.99. The van der Waals surface area contributed by atoms with E-state index >= 15 is 0 Å². The Morgan fingerprint density at radius 1 is 1.53 bits per heavy atom. The highest BCUT2D eigenvalue weighted by molar-refractivity contribution is 5.82. The number of hydrogen-bond acceptors (Lipinski definition) is 3. The number of nitrogens with zero attached hydrogens (tertiary/aromatic N) is 1. The molecular formula is C10H7F2NO2. The van der Waals surface area contributed by atoms with Crippen LogP contribution in [0.3, 0.4) is 0 Å². The fourth-order valence-corrected chi connectivity index (χ4v) is 1.17. The lowest BCUT2D eigenvalue weighted by atomic mass is 10.0. The summed E-state index contributed by atoms with van der Waals surface area (Å²) in [4.78, 5) is 10.7. The highest BCUT2D eigenvalue weighted by atomic mass is 19.3. The Kier molecular flexibility index (Phi) is 3.34. The standard InChI is InChI=1S/C10H7F2NO2/c1-6-7(4-13)2-3-9(8(6)5-14)15-10(11)12/h2-3,5,10H,1H3. The Labute approximate surface area is 84.9 Å². The average Bonchev–Trinajstić information content (AvgIpc) is 2.18. The SMILES string of the molecule is Cc1c(C#N)ccc(OC(F)F)c1C=O. The van der Waals surface area contributed by atoms with Gasteiger partial charge < -0.3 is 4.74 Å². The van der Waals surface area contributed by atoms with Gasteiger partial charge in [0.15, 0.2) is 6.29 Å². The number of hydrogen-bond donors (Lipinski definition) is 0. The van der Waals surface area contributed by atoms with Gasteiger partial charge in [0.25, 0.3) is 0 Å². The molecule has 0 heterocycles. The third kappa shape index (κ3) is 2.29. The fourth-order valence-electron chi connectivity index (χ4n) is 1.17. The molecular weight excluding hydrogens is 204 g/mol. The molecule has 78 valence electrons. The molecule has 0 aromatic heterocycles. The van der Waals surface area contributed by atoms with E-state index in [0.717, 1.165) is 0 Å². The van der Waals surface area contributed by atoms with Crippen molar-refractivity contribution in [1.82, 2.24) is 0 Å². The summed E-state index contributed by atoms with van der Waals surface area (Å²) in [7, 11) is 0. The highest BCUT2D eigenvalue weighted by Gasteiger charge is 2.13. The van der Waals surface area contributed by atoms with Crippen molar-refractivity contribution in [1.29, 1.82) is 5.26 Å². The molecule has 0 radical (unpaired) electrons. The van der Waals surface area contributed by atoms with Crippen LogP contribution in [0.1, 0.15) is 21.5 Å².